The van der Waals surface area contributed by atoms with E-state index in [1.165, 1.54) is 0 Å². The molecular weight excluding hydrogens is 258 g/mol. The highest BCUT2D eigenvalue weighted by Gasteiger charge is 2.23. The van der Waals surface area contributed by atoms with Crippen molar-refractivity contribution in [3.05, 3.63) is 17.6 Å². The molecule has 0 fully saturated rings. The Hall–Kier alpha value is -2.11. The summed E-state index contributed by atoms with van der Waals surface area (Å²) < 4.78 is 12.6. The van der Waals surface area contributed by atoms with Gasteiger partial charge in [0.15, 0.2) is 16.9 Å². The molecule has 0 aliphatic heterocycles. The standard InChI is InChI=1S/C14H19N3O3/c1-5-17-8-15-11-12(19-6-2)10(14(18)20-7-3)9(4)16-13(11)17/h8H,5-7H2,1-4H3. The summed E-state index contributed by atoms with van der Waals surface area (Å²) in [6, 6.07) is 0. The summed E-state index contributed by atoms with van der Waals surface area (Å²) >= 11 is 0. The van der Waals surface area contributed by atoms with Crippen molar-refractivity contribution < 1.29 is 14.3 Å². The van der Waals surface area contributed by atoms with Crippen LogP contribution in [0.4, 0.5) is 0 Å². The first kappa shape index (κ1) is 14.3. The highest BCUT2D eigenvalue weighted by molar-refractivity contribution is 5.99. The number of rotatable bonds is 5. The van der Waals surface area contributed by atoms with Crippen LogP contribution in [-0.4, -0.2) is 33.7 Å². The van der Waals surface area contributed by atoms with Gasteiger partial charge in [0.05, 0.1) is 25.2 Å². The van der Waals surface area contributed by atoms with Crippen molar-refractivity contribution in [2.75, 3.05) is 13.2 Å². The summed E-state index contributed by atoms with van der Waals surface area (Å²) in [7, 11) is 0. The van der Waals surface area contributed by atoms with Crippen LogP contribution < -0.4 is 4.74 Å². The van der Waals surface area contributed by atoms with Crippen molar-refractivity contribution in [2.24, 2.45) is 0 Å². The molecule has 108 valence electrons. The van der Waals surface area contributed by atoms with E-state index in [1.807, 2.05) is 18.4 Å². The van der Waals surface area contributed by atoms with Crippen molar-refractivity contribution in [1.29, 1.82) is 0 Å². The lowest BCUT2D eigenvalue weighted by Gasteiger charge is -2.12. The van der Waals surface area contributed by atoms with E-state index in [1.54, 1.807) is 20.2 Å². The van der Waals surface area contributed by atoms with Crippen LogP contribution in [0.15, 0.2) is 6.33 Å². The van der Waals surface area contributed by atoms with Crippen LogP contribution in [0.5, 0.6) is 5.75 Å². The molecule has 0 N–H and O–H groups in total. The fourth-order valence-electron chi connectivity index (χ4n) is 2.11. The van der Waals surface area contributed by atoms with Gasteiger partial charge in [-0.25, -0.2) is 14.8 Å². The van der Waals surface area contributed by atoms with Crippen LogP contribution in [0.1, 0.15) is 36.8 Å². The molecule has 0 atom stereocenters. The number of hydrogen-bond acceptors (Lipinski definition) is 5. The maximum Gasteiger partial charge on any atom is 0.343 e. The van der Waals surface area contributed by atoms with E-state index in [0.717, 1.165) is 12.2 Å². The van der Waals surface area contributed by atoms with Crippen LogP contribution in [0, 0.1) is 6.92 Å². The Labute approximate surface area is 117 Å². The topological polar surface area (TPSA) is 66.2 Å². The number of pyridine rings is 1. The van der Waals surface area contributed by atoms with E-state index in [4.69, 9.17) is 9.47 Å². The largest absolute Gasteiger partial charge is 0.490 e. The molecule has 0 amide bonds. The van der Waals surface area contributed by atoms with Gasteiger partial charge in [-0.1, -0.05) is 0 Å². The van der Waals surface area contributed by atoms with Crippen molar-refractivity contribution in [1.82, 2.24) is 14.5 Å². The van der Waals surface area contributed by atoms with Gasteiger partial charge in [0.25, 0.3) is 0 Å². The number of hydrogen-bond donors (Lipinski definition) is 0. The molecule has 2 aromatic heterocycles. The van der Waals surface area contributed by atoms with Gasteiger partial charge in [0.1, 0.15) is 5.56 Å². The minimum Gasteiger partial charge on any atom is -0.490 e. The van der Waals surface area contributed by atoms with Crippen molar-refractivity contribution in [2.45, 2.75) is 34.2 Å². The summed E-state index contributed by atoms with van der Waals surface area (Å²) in [5.74, 6) is 0.0366. The zero-order chi connectivity index (χ0) is 14.7. The second-order valence-corrected chi connectivity index (χ2v) is 4.26. The number of nitrogens with zero attached hydrogens (tertiary/aromatic N) is 3. The number of fused-ring (bicyclic) bond motifs is 1. The number of imidazole rings is 1. The Kier molecular flexibility index (Phi) is 4.22. The van der Waals surface area contributed by atoms with Gasteiger partial charge < -0.3 is 14.0 Å². The SMILES string of the molecule is CCOC(=O)c1c(C)nc2c(ncn2CC)c1OCC. The van der Waals surface area contributed by atoms with E-state index >= 15 is 0 Å². The summed E-state index contributed by atoms with van der Waals surface area (Å²) in [6.45, 7) is 8.94. The summed E-state index contributed by atoms with van der Waals surface area (Å²) in [5.41, 5.74) is 2.28. The third-order valence-electron chi connectivity index (χ3n) is 3.00. The van der Waals surface area contributed by atoms with Crippen LogP contribution in [0.3, 0.4) is 0 Å². The Morgan fingerprint density at radius 1 is 1.30 bits per heavy atom. The van der Waals surface area contributed by atoms with Crippen LogP contribution in [-0.2, 0) is 11.3 Å². The monoisotopic (exact) mass is 277 g/mol. The normalized spacial score (nSPS) is 10.8. The molecule has 0 aromatic carbocycles. The predicted molar refractivity (Wildman–Crippen MR) is 75.1 cm³/mol. The lowest BCUT2D eigenvalue weighted by Crippen LogP contribution is -2.12. The summed E-state index contributed by atoms with van der Waals surface area (Å²) in [5, 5.41) is 0. The number of carbonyl (C=O) groups is 1. The van der Waals surface area contributed by atoms with Crippen LogP contribution in [0.25, 0.3) is 11.2 Å². The van der Waals surface area contributed by atoms with E-state index in [9.17, 15) is 4.79 Å². The van der Waals surface area contributed by atoms with Gasteiger partial charge in [-0.3, -0.25) is 0 Å². The third kappa shape index (κ3) is 2.33. The lowest BCUT2D eigenvalue weighted by atomic mass is 10.1. The molecule has 6 nitrogen and oxygen atoms in total. The Bertz CT molecular complexity index is 634. The quantitative estimate of drug-likeness (QED) is 0.785. The summed E-state index contributed by atoms with van der Waals surface area (Å²) in [4.78, 5) is 20.9. The number of aromatic nitrogens is 3. The zero-order valence-corrected chi connectivity index (χ0v) is 12.3. The van der Waals surface area contributed by atoms with Crippen molar-refractivity contribution in [3.63, 3.8) is 0 Å². The second kappa shape index (κ2) is 5.90. The smallest absolute Gasteiger partial charge is 0.343 e. The van der Waals surface area contributed by atoms with Crippen molar-refractivity contribution in [3.8, 4) is 5.75 Å². The highest BCUT2D eigenvalue weighted by Crippen LogP contribution is 2.30. The molecule has 2 rings (SSSR count). The van der Waals surface area contributed by atoms with Gasteiger partial charge in [0.2, 0.25) is 0 Å². The molecule has 2 heterocycles. The molecule has 0 unspecified atom stereocenters. The second-order valence-electron chi connectivity index (χ2n) is 4.26. The van der Waals surface area contributed by atoms with E-state index in [-0.39, 0.29) is 0 Å². The first-order chi connectivity index (χ1) is 9.63. The molecule has 0 aliphatic rings. The van der Waals surface area contributed by atoms with Crippen molar-refractivity contribution >= 4 is 17.1 Å². The zero-order valence-electron chi connectivity index (χ0n) is 12.3. The molecule has 0 radical (unpaired) electrons. The molecular formula is C14H19N3O3. The average molecular weight is 277 g/mol. The fraction of sp³-hybridized carbons (Fsp3) is 0.500. The minimum absolute atomic E-state index is 0.311. The summed E-state index contributed by atoms with van der Waals surface area (Å²) in [6.07, 6.45) is 1.70. The molecule has 20 heavy (non-hydrogen) atoms. The Balaban J connectivity index is 2.70. The molecule has 6 heteroatoms. The van der Waals surface area contributed by atoms with Gasteiger partial charge in [-0.15, -0.1) is 0 Å². The number of aryl methyl sites for hydroxylation is 2. The average Bonchev–Trinajstić information content (AvgIpc) is 2.81. The van der Waals surface area contributed by atoms with Gasteiger partial charge in [0, 0.05) is 6.54 Å². The van der Waals surface area contributed by atoms with E-state index in [2.05, 4.69) is 9.97 Å². The number of esters is 1. The Morgan fingerprint density at radius 3 is 2.65 bits per heavy atom. The molecule has 0 saturated heterocycles. The van der Waals surface area contributed by atoms with Crippen LogP contribution >= 0.6 is 0 Å². The van der Waals surface area contributed by atoms with Gasteiger partial charge in [-0.05, 0) is 27.7 Å². The third-order valence-corrected chi connectivity index (χ3v) is 3.00. The molecule has 0 spiro atoms. The molecule has 0 bridgehead atoms. The predicted octanol–water partition coefficient (Wildman–Crippen LogP) is 2.34. The molecule has 0 saturated carbocycles. The molecule has 0 aliphatic carbocycles. The molecule has 2 aromatic rings. The van der Waals surface area contributed by atoms with E-state index in [0.29, 0.717) is 35.7 Å². The minimum atomic E-state index is -0.422. The number of carbonyl (C=O) groups excluding carboxylic acids is 1. The maximum atomic E-state index is 12.1. The fourth-order valence-corrected chi connectivity index (χ4v) is 2.11. The maximum absolute atomic E-state index is 12.1. The first-order valence-corrected chi connectivity index (χ1v) is 6.79. The van der Waals surface area contributed by atoms with E-state index < -0.39 is 5.97 Å². The lowest BCUT2D eigenvalue weighted by molar-refractivity contribution is 0.0521. The highest BCUT2D eigenvalue weighted by atomic mass is 16.5. The first-order valence-electron chi connectivity index (χ1n) is 6.79. The number of ether oxygens (including phenoxy) is 2. The Morgan fingerprint density at radius 2 is 2.05 bits per heavy atom. The van der Waals surface area contributed by atoms with Gasteiger partial charge in [-0.2, -0.15) is 0 Å². The van der Waals surface area contributed by atoms with Gasteiger partial charge >= 0.3 is 5.97 Å². The van der Waals surface area contributed by atoms with Crippen LogP contribution in [0.2, 0.25) is 0 Å².